The SMILES string of the molecule is NC(=O)[C@H](CCC(=O)O)NC(=O)[C@H](Cc1ccccc1)NC(=O)[C@H](Cc1ccc(O)cc1)NC(=O)[C@@H](N)CS. The number of nitrogens with two attached hydrogens (primary N) is 2. The molecule has 0 aliphatic rings. The minimum atomic E-state index is -1.27. The van der Waals surface area contributed by atoms with Crippen molar-refractivity contribution in [3.63, 3.8) is 0 Å². The summed E-state index contributed by atoms with van der Waals surface area (Å²) in [5, 5.41) is 26.1. The lowest BCUT2D eigenvalue weighted by molar-refractivity contribution is -0.138. The van der Waals surface area contributed by atoms with Crippen LogP contribution in [0.15, 0.2) is 54.6 Å². The van der Waals surface area contributed by atoms with Crippen LogP contribution in [0.4, 0.5) is 0 Å². The van der Waals surface area contributed by atoms with Crippen LogP contribution in [0.3, 0.4) is 0 Å². The zero-order valence-electron chi connectivity index (χ0n) is 21.1. The van der Waals surface area contributed by atoms with Crippen molar-refractivity contribution in [1.82, 2.24) is 16.0 Å². The summed E-state index contributed by atoms with van der Waals surface area (Å²) in [6, 6.07) is 10.1. The molecule has 0 fully saturated rings. The fraction of sp³-hybridized carbons (Fsp3) is 0.346. The molecule has 0 heterocycles. The smallest absolute Gasteiger partial charge is 0.303 e. The highest BCUT2D eigenvalue weighted by molar-refractivity contribution is 7.80. The standard InChI is InChI=1S/C26H33N5O7S/c27-18(14-39)24(36)30-20(13-16-6-8-17(32)9-7-16)26(38)31-21(12-15-4-2-1-3-5-15)25(37)29-19(23(28)35)10-11-22(33)34/h1-9,18-21,32,39H,10-14,27H2,(H2,28,35)(H,29,37)(H,30,36)(H,31,38)(H,33,34)/t18-,19-,20-,21-/m0/s1. The van der Waals surface area contributed by atoms with Crippen molar-refractivity contribution in [3.05, 3.63) is 65.7 Å². The first-order valence-electron chi connectivity index (χ1n) is 12.1. The minimum Gasteiger partial charge on any atom is -0.508 e. The van der Waals surface area contributed by atoms with Gasteiger partial charge in [0.1, 0.15) is 23.9 Å². The molecule has 9 N–H and O–H groups in total. The Bertz CT molecular complexity index is 1150. The minimum absolute atomic E-state index is 0.0132. The summed E-state index contributed by atoms with van der Waals surface area (Å²) in [5.41, 5.74) is 12.4. The van der Waals surface area contributed by atoms with E-state index in [0.717, 1.165) is 0 Å². The number of carboxylic acid groups (broad SMARTS) is 1. The van der Waals surface area contributed by atoms with Crippen LogP contribution in [-0.2, 0) is 36.8 Å². The van der Waals surface area contributed by atoms with E-state index in [9.17, 15) is 29.1 Å². The van der Waals surface area contributed by atoms with Gasteiger partial charge in [-0.25, -0.2) is 0 Å². The van der Waals surface area contributed by atoms with Crippen LogP contribution in [0.25, 0.3) is 0 Å². The molecule has 13 heteroatoms. The Balaban J connectivity index is 2.30. The Morgan fingerprint density at radius 2 is 1.26 bits per heavy atom. The van der Waals surface area contributed by atoms with Crippen LogP contribution in [0.2, 0.25) is 0 Å². The molecule has 0 saturated heterocycles. The summed E-state index contributed by atoms with van der Waals surface area (Å²) in [6.45, 7) is 0. The lowest BCUT2D eigenvalue weighted by Crippen LogP contribution is -2.58. The molecule has 0 bridgehead atoms. The third kappa shape index (κ3) is 10.7. The average Bonchev–Trinajstić information content (AvgIpc) is 2.90. The molecule has 0 unspecified atom stereocenters. The largest absolute Gasteiger partial charge is 0.508 e. The quantitative estimate of drug-likeness (QED) is 0.130. The molecule has 2 aromatic rings. The first kappa shape index (κ1) is 31.1. The van der Waals surface area contributed by atoms with E-state index in [4.69, 9.17) is 16.6 Å². The number of hydrogen-bond donors (Lipinski definition) is 8. The molecule has 12 nitrogen and oxygen atoms in total. The van der Waals surface area contributed by atoms with Gasteiger partial charge in [-0.05, 0) is 29.7 Å². The Hall–Kier alpha value is -4.10. The summed E-state index contributed by atoms with van der Waals surface area (Å²) < 4.78 is 0. The number of phenols is 1. The number of carbonyl (C=O) groups is 5. The van der Waals surface area contributed by atoms with Gasteiger partial charge in [0.2, 0.25) is 23.6 Å². The second-order valence-corrected chi connectivity index (χ2v) is 9.23. The number of carbonyl (C=O) groups excluding carboxylic acids is 4. The van der Waals surface area contributed by atoms with Gasteiger partial charge in [-0.2, -0.15) is 12.6 Å². The molecule has 0 radical (unpaired) electrons. The molecule has 0 spiro atoms. The highest BCUT2D eigenvalue weighted by Crippen LogP contribution is 2.12. The molecule has 39 heavy (non-hydrogen) atoms. The fourth-order valence-electron chi connectivity index (χ4n) is 3.60. The van der Waals surface area contributed by atoms with Crippen LogP contribution in [-0.4, -0.2) is 69.7 Å². The molecule has 2 rings (SSSR count). The van der Waals surface area contributed by atoms with Crippen molar-refractivity contribution in [2.45, 2.75) is 49.9 Å². The zero-order valence-corrected chi connectivity index (χ0v) is 22.0. The van der Waals surface area contributed by atoms with Gasteiger partial charge in [-0.1, -0.05) is 42.5 Å². The second-order valence-electron chi connectivity index (χ2n) is 8.87. The first-order chi connectivity index (χ1) is 18.5. The number of thiol groups is 1. The summed E-state index contributed by atoms with van der Waals surface area (Å²) >= 11 is 4.01. The maximum absolute atomic E-state index is 13.4. The van der Waals surface area contributed by atoms with Crippen molar-refractivity contribution in [1.29, 1.82) is 0 Å². The van der Waals surface area contributed by atoms with Crippen LogP contribution in [0.1, 0.15) is 24.0 Å². The number of aliphatic carboxylic acids is 1. The van der Waals surface area contributed by atoms with Gasteiger partial charge in [0, 0.05) is 25.0 Å². The third-order valence-corrected chi connectivity index (χ3v) is 6.16. The van der Waals surface area contributed by atoms with Crippen molar-refractivity contribution in [3.8, 4) is 5.75 Å². The number of rotatable bonds is 15. The number of benzene rings is 2. The van der Waals surface area contributed by atoms with Gasteiger partial charge in [-0.3, -0.25) is 24.0 Å². The topological polar surface area (TPSA) is 214 Å². The van der Waals surface area contributed by atoms with Crippen molar-refractivity contribution in [2.75, 3.05) is 5.75 Å². The Morgan fingerprint density at radius 3 is 1.74 bits per heavy atom. The summed E-state index contributed by atoms with van der Waals surface area (Å²) in [4.78, 5) is 61.9. The van der Waals surface area contributed by atoms with E-state index in [1.165, 1.54) is 12.1 Å². The first-order valence-corrected chi connectivity index (χ1v) is 12.7. The van der Waals surface area contributed by atoms with Gasteiger partial charge >= 0.3 is 5.97 Å². The van der Waals surface area contributed by atoms with Gasteiger partial charge in [0.05, 0.1) is 6.04 Å². The monoisotopic (exact) mass is 559 g/mol. The molecular weight excluding hydrogens is 526 g/mol. The van der Waals surface area contributed by atoms with Crippen LogP contribution >= 0.6 is 12.6 Å². The molecule has 0 aliphatic heterocycles. The van der Waals surface area contributed by atoms with Gasteiger partial charge in [0.25, 0.3) is 0 Å². The number of carboxylic acids is 1. The number of phenolic OH excluding ortho intramolecular Hbond substituents is 1. The van der Waals surface area contributed by atoms with E-state index in [1.807, 2.05) is 0 Å². The molecule has 0 saturated carbocycles. The van der Waals surface area contributed by atoms with Crippen LogP contribution in [0.5, 0.6) is 5.75 Å². The predicted octanol–water partition coefficient (Wildman–Crippen LogP) is -0.761. The molecule has 210 valence electrons. The average molecular weight is 560 g/mol. The highest BCUT2D eigenvalue weighted by Gasteiger charge is 2.30. The van der Waals surface area contributed by atoms with E-state index in [-0.39, 0.29) is 30.8 Å². The summed E-state index contributed by atoms with van der Waals surface area (Å²) in [6.07, 6.45) is -0.600. The van der Waals surface area contributed by atoms with Crippen LogP contribution < -0.4 is 27.4 Å². The predicted molar refractivity (Wildman–Crippen MR) is 146 cm³/mol. The van der Waals surface area contributed by atoms with E-state index in [1.54, 1.807) is 42.5 Å². The number of nitrogens with one attached hydrogen (secondary N) is 3. The number of hydrogen-bond acceptors (Lipinski definition) is 8. The highest BCUT2D eigenvalue weighted by atomic mass is 32.1. The summed E-state index contributed by atoms with van der Waals surface area (Å²) in [5.74, 6) is -4.14. The summed E-state index contributed by atoms with van der Waals surface area (Å²) in [7, 11) is 0. The lowest BCUT2D eigenvalue weighted by Gasteiger charge is -2.25. The zero-order chi connectivity index (χ0) is 28.9. The Morgan fingerprint density at radius 1 is 0.769 bits per heavy atom. The Labute approximate surface area is 230 Å². The molecule has 0 aromatic heterocycles. The van der Waals surface area contributed by atoms with Crippen molar-refractivity contribution < 1.29 is 34.2 Å². The van der Waals surface area contributed by atoms with Gasteiger partial charge in [-0.15, -0.1) is 0 Å². The molecular formula is C26H33N5O7S. The number of amides is 4. The van der Waals surface area contributed by atoms with Crippen LogP contribution in [0, 0.1) is 0 Å². The third-order valence-electron chi connectivity index (χ3n) is 5.77. The van der Waals surface area contributed by atoms with E-state index < -0.39 is 60.2 Å². The van der Waals surface area contributed by atoms with Gasteiger partial charge < -0.3 is 37.6 Å². The number of aromatic hydroxyl groups is 1. The van der Waals surface area contributed by atoms with Gasteiger partial charge in [0.15, 0.2) is 0 Å². The fourth-order valence-corrected chi connectivity index (χ4v) is 3.76. The van der Waals surface area contributed by atoms with E-state index >= 15 is 0 Å². The molecule has 4 atom stereocenters. The Kier molecular flexibility index (Phi) is 12.2. The second kappa shape index (κ2) is 15.3. The maximum Gasteiger partial charge on any atom is 0.303 e. The maximum atomic E-state index is 13.4. The lowest BCUT2D eigenvalue weighted by atomic mass is 10.0. The van der Waals surface area contributed by atoms with E-state index in [2.05, 4.69) is 28.6 Å². The molecule has 4 amide bonds. The molecule has 0 aliphatic carbocycles. The van der Waals surface area contributed by atoms with E-state index in [0.29, 0.717) is 11.1 Å². The van der Waals surface area contributed by atoms with Crippen molar-refractivity contribution >= 4 is 42.2 Å². The normalized spacial score (nSPS) is 13.8. The van der Waals surface area contributed by atoms with Crippen molar-refractivity contribution in [2.24, 2.45) is 11.5 Å². The number of primary amides is 1. The molecule has 2 aromatic carbocycles.